The molecule has 0 spiro atoms. The second-order valence-electron chi connectivity index (χ2n) is 5.68. The number of carbonyl (C=O) groups excluding carboxylic acids is 1. The van der Waals surface area contributed by atoms with Gasteiger partial charge < -0.3 is 0 Å². The molecule has 0 radical (unpaired) electrons. The van der Waals surface area contributed by atoms with Crippen LogP contribution in [0.25, 0.3) is 0 Å². The van der Waals surface area contributed by atoms with E-state index >= 15 is 0 Å². The van der Waals surface area contributed by atoms with E-state index in [0.29, 0.717) is 14.9 Å². The molecule has 10 heteroatoms. The lowest BCUT2D eigenvalue weighted by atomic mass is 10.2. The largest absolute Gasteiger partial charge is 0.296 e. The SMILES string of the molecule is CCCc1nnc(NC(=O)c2cc([N+](=O)[O-])ccc2Sc2ccccc2F)s1. The highest BCUT2D eigenvalue weighted by Crippen LogP contribution is 2.34. The summed E-state index contributed by atoms with van der Waals surface area (Å²) in [6.45, 7) is 2.01. The number of aryl methyl sites for hydroxylation is 1. The number of anilines is 1. The Bertz CT molecular complexity index is 1030. The fraction of sp³-hybridized carbons (Fsp3) is 0.167. The molecule has 0 aliphatic carbocycles. The zero-order valence-corrected chi connectivity index (χ0v) is 16.3. The van der Waals surface area contributed by atoms with Gasteiger partial charge in [0.1, 0.15) is 10.8 Å². The fourth-order valence-electron chi connectivity index (χ4n) is 2.33. The molecule has 7 nitrogen and oxygen atoms in total. The maximum Gasteiger partial charge on any atom is 0.270 e. The Balaban J connectivity index is 1.91. The van der Waals surface area contributed by atoms with Crippen LogP contribution in [0, 0.1) is 15.9 Å². The fourth-order valence-corrected chi connectivity index (χ4v) is 4.11. The van der Waals surface area contributed by atoms with Crippen molar-refractivity contribution in [2.45, 2.75) is 29.6 Å². The Labute approximate surface area is 168 Å². The van der Waals surface area contributed by atoms with Gasteiger partial charge in [0.25, 0.3) is 11.6 Å². The van der Waals surface area contributed by atoms with Gasteiger partial charge in [0.05, 0.1) is 10.5 Å². The molecule has 3 rings (SSSR count). The van der Waals surface area contributed by atoms with Crippen molar-refractivity contribution >= 4 is 39.8 Å². The van der Waals surface area contributed by atoms with Gasteiger partial charge >= 0.3 is 0 Å². The summed E-state index contributed by atoms with van der Waals surface area (Å²) in [5.41, 5.74) is -0.165. The van der Waals surface area contributed by atoms with Crippen molar-refractivity contribution in [1.29, 1.82) is 0 Å². The van der Waals surface area contributed by atoms with E-state index in [1.165, 1.54) is 35.6 Å². The summed E-state index contributed by atoms with van der Waals surface area (Å²) in [6, 6.07) is 10.0. The number of hydrogen-bond acceptors (Lipinski definition) is 7. The number of hydrogen-bond donors (Lipinski definition) is 1. The van der Waals surface area contributed by atoms with E-state index in [2.05, 4.69) is 15.5 Å². The highest BCUT2D eigenvalue weighted by Gasteiger charge is 2.20. The Morgan fingerprint density at radius 1 is 1.25 bits per heavy atom. The van der Waals surface area contributed by atoms with Crippen LogP contribution >= 0.6 is 23.1 Å². The lowest BCUT2D eigenvalue weighted by Crippen LogP contribution is -2.13. The third-order valence-corrected chi connectivity index (χ3v) is 5.65. The average molecular weight is 418 g/mol. The number of rotatable bonds is 7. The van der Waals surface area contributed by atoms with Crippen molar-refractivity contribution < 1.29 is 14.1 Å². The average Bonchev–Trinajstić information content (AvgIpc) is 3.11. The van der Waals surface area contributed by atoms with E-state index in [-0.39, 0.29) is 11.3 Å². The molecule has 0 saturated carbocycles. The predicted octanol–water partition coefficient (Wildman–Crippen LogP) is 4.94. The molecular formula is C18H15FN4O3S2. The number of amides is 1. The van der Waals surface area contributed by atoms with Gasteiger partial charge in [-0.05, 0) is 24.6 Å². The number of nitro benzene ring substituents is 1. The van der Waals surface area contributed by atoms with Crippen LogP contribution in [0.5, 0.6) is 0 Å². The third kappa shape index (κ3) is 4.70. The van der Waals surface area contributed by atoms with Crippen LogP contribution < -0.4 is 5.32 Å². The van der Waals surface area contributed by atoms with Gasteiger partial charge in [-0.1, -0.05) is 42.2 Å². The quantitative estimate of drug-likeness (QED) is 0.431. The number of carbonyl (C=O) groups is 1. The lowest BCUT2D eigenvalue weighted by Gasteiger charge is -2.09. The molecule has 0 aliphatic rings. The smallest absolute Gasteiger partial charge is 0.270 e. The molecule has 1 N–H and O–H groups in total. The van der Waals surface area contributed by atoms with Crippen LogP contribution in [0.3, 0.4) is 0 Å². The van der Waals surface area contributed by atoms with Gasteiger partial charge in [0, 0.05) is 28.3 Å². The van der Waals surface area contributed by atoms with Gasteiger partial charge in [-0.15, -0.1) is 10.2 Å². The summed E-state index contributed by atoms with van der Waals surface area (Å²) in [5.74, 6) is -1.01. The maximum absolute atomic E-state index is 14.0. The Morgan fingerprint density at radius 3 is 2.75 bits per heavy atom. The standard InChI is InChI=1S/C18H15FN4O3S2/c1-2-5-16-21-22-18(28-16)20-17(24)12-10-11(23(25)26)8-9-14(12)27-15-7-4-3-6-13(15)19/h3-4,6-10H,2,5H2,1H3,(H,20,22,24). The summed E-state index contributed by atoms with van der Waals surface area (Å²) < 4.78 is 14.0. The maximum atomic E-state index is 14.0. The molecule has 3 aromatic rings. The molecule has 0 bridgehead atoms. The first-order chi connectivity index (χ1) is 13.5. The molecule has 1 aromatic heterocycles. The Hall–Kier alpha value is -2.85. The number of benzene rings is 2. The Kier molecular flexibility index (Phi) is 6.32. The lowest BCUT2D eigenvalue weighted by molar-refractivity contribution is -0.384. The summed E-state index contributed by atoms with van der Waals surface area (Å²) in [5, 5.41) is 22.7. The number of halogens is 1. The van der Waals surface area contributed by atoms with Crippen molar-refractivity contribution in [3.05, 3.63) is 69.0 Å². The van der Waals surface area contributed by atoms with E-state index < -0.39 is 16.6 Å². The van der Waals surface area contributed by atoms with Crippen LogP contribution in [-0.2, 0) is 6.42 Å². The highest BCUT2D eigenvalue weighted by atomic mass is 32.2. The van der Waals surface area contributed by atoms with Gasteiger partial charge in [0.2, 0.25) is 5.13 Å². The van der Waals surface area contributed by atoms with Gasteiger partial charge in [-0.25, -0.2) is 4.39 Å². The molecule has 2 aromatic carbocycles. The van der Waals surface area contributed by atoms with E-state index in [4.69, 9.17) is 0 Å². The first kappa shape index (κ1) is 19.9. The van der Waals surface area contributed by atoms with Gasteiger partial charge in [-0.2, -0.15) is 0 Å². The number of nitrogens with one attached hydrogen (secondary N) is 1. The van der Waals surface area contributed by atoms with Crippen molar-refractivity contribution in [3.63, 3.8) is 0 Å². The van der Waals surface area contributed by atoms with Crippen molar-refractivity contribution in [3.8, 4) is 0 Å². The van der Waals surface area contributed by atoms with Crippen LogP contribution in [-0.4, -0.2) is 21.0 Å². The predicted molar refractivity (Wildman–Crippen MR) is 105 cm³/mol. The second-order valence-corrected chi connectivity index (χ2v) is 7.82. The van der Waals surface area contributed by atoms with E-state index in [1.54, 1.807) is 18.2 Å². The van der Waals surface area contributed by atoms with Gasteiger partial charge in [-0.3, -0.25) is 20.2 Å². The van der Waals surface area contributed by atoms with Crippen LogP contribution in [0.15, 0.2) is 52.3 Å². The van der Waals surface area contributed by atoms with Gasteiger partial charge in [0.15, 0.2) is 0 Å². The summed E-state index contributed by atoms with van der Waals surface area (Å²) in [4.78, 5) is 24.0. The Morgan fingerprint density at radius 2 is 2.04 bits per heavy atom. The molecular weight excluding hydrogens is 403 g/mol. The van der Waals surface area contributed by atoms with Crippen LogP contribution in [0.2, 0.25) is 0 Å². The van der Waals surface area contributed by atoms with Crippen molar-refractivity contribution in [1.82, 2.24) is 10.2 Å². The van der Waals surface area contributed by atoms with E-state index in [0.717, 1.165) is 29.6 Å². The van der Waals surface area contributed by atoms with E-state index in [9.17, 15) is 19.3 Å². The topological polar surface area (TPSA) is 98.0 Å². The molecule has 0 atom stereocenters. The number of aromatic nitrogens is 2. The minimum Gasteiger partial charge on any atom is -0.296 e. The van der Waals surface area contributed by atoms with Crippen LogP contribution in [0.4, 0.5) is 15.2 Å². The first-order valence-electron chi connectivity index (χ1n) is 8.32. The highest BCUT2D eigenvalue weighted by molar-refractivity contribution is 7.99. The van der Waals surface area contributed by atoms with Crippen molar-refractivity contribution in [2.24, 2.45) is 0 Å². The minimum atomic E-state index is -0.585. The molecule has 0 fully saturated rings. The minimum absolute atomic E-state index is 0.0645. The number of nitro groups is 1. The molecule has 0 saturated heterocycles. The monoisotopic (exact) mass is 418 g/mol. The summed E-state index contributed by atoms with van der Waals surface area (Å²) >= 11 is 2.27. The second kappa shape index (κ2) is 8.89. The molecule has 0 unspecified atom stereocenters. The van der Waals surface area contributed by atoms with Crippen molar-refractivity contribution in [2.75, 3.05) is 5.32 Å². The molecule has 28 heavy (non-hydrogen) atoms. The zero-order chi connectivity index (χ0) is 20.1. The normalized spacial score (nSPS) is 10.6. The zero-order valence-electron chi connectivity index (χ0n) is 14.7. The third-order valence-electron chi connectivity index (χ3n) is 3.63. The molecule has 1 amide bonds. The summed E-state index contributed by atoms with van der Waals surface area (Å²) in [6.07, 6.45) is 1.65. The van der Waals surface area contributed by atoms with E-state index in [1.807, 2.05) is 6.92 Å². The summed E-state index contributed by atoms with van der Waals surface area (Å²) in [7, 11) is 0. The molecule has 0 aliphatic heterocycles. The van der Waals surface area contributed by atoms with Crippen LogP contribution in [0.1, 0.15) is 28.7 Å². The molecule has 1 heterocycles. The molecule has 144 valence electrons. The number of non-ortho nitro benzene ring substituents is 1. The first-order valence-corrected chi connectivity index (χ1v) is 9.95. The number of nitrogens with zero attached hydrogens (tertiary/aromatic N) is 3.